The predicted octanol–water partition coefficient (Wildman–Crippen LogP) is -0.134. The average molecular weight is 215 g/mol. The summed E-state index contributed by atoms with van der Waals surface area (Å²) in [5.41, 5.74) is 1.20. The Bertz CT molecular complexity index is 269. The molecule has 0 aliphatic heterocycles. The Morgan fingerprint density at radius 1 is 1.08 bits per heavy atom. The Labute approximate surface area is 87.8 Å². The van der Waals surface area contributed by atoms with E-state index >= 15 is 0 Å². The SMILES string of the molecule is C=Cc1ccc([P+](C)(C)C)cc1.[Cl-]. The maximum atomic E-state index is 3.73. The average Bonchev–Trinajstić information content (AvgIpc) is 2.03. The first kappa shape index (κ1) is 12.7. The minimum absolute atomic E-state index is 0. The number of hydrogen-bond donors (Lipinski definition) is 0. The molecule has 0 saturated carbocycles. The summed E-state index contributed by atoms with van der Waals surface area (Å²) in [7, 11) is -0.833. The van der Waals surface area contributed by atoms with Gasteiger partial charge in [0.15, 0.2) is 0 Å². The van der Waals surface area contributed by atoms with Gasteiger partial charge in [0.05, 0.1) is 25.3 Å². The molecule has 0 bridgehead atoms. The highest BCUT2D eigenvalue weighted by Crippen LogP contribution is 2.44. The molecule has 1 aromatic rings. The molecule has 0 atom stereocenters. The fraction of sp³-hybridized carbons (Fsp3) is 0.273. The van der Waals surface area contributed by atoms with E-state index in [1.54, 1.807) is 0 Å². The van der Waals surface area contributed by atoms with Gasteiger partial charge in [0.2, 0.25) is 0 Å². The first-order valence-electron chi connectivity index (χ1n) is 4.08. The van der Waals surface area contributed by atoms with Gasteiger partial charge in [-0.1, -0.05) is 24.8 Å². The molecule has 0 aliphatic carbocycles. The third kappa shape index (κ3) is 3.50. The predicted molar refractivity (Wildman–Crippen MR) is 60.9 cm³/mol. The van der Waals surface area contributed by atoms with E-state index in [0.717, 1.165) is 0 Å². The van der Waals surface area contributed by atoms with Crippen LogP contribution in [0, 0.1) is 0 Å². The summed E-state index contributed by atoms with van der Waals surface area (Å²) < 4.78 is 0. The van der Waals surface area contributed by atoms with Gasteiger partial charge in [0, 0.05) is 7.26 Å². The summed E-state index contributed by atoms with van der Waals surface area (Å²) in [5.74, 6) is 0. The molecule has 0 unspecified atom stereocenters. The van der Waals surface area contributed by atoms with Crippen molar-refractivity contribution in [3.63, 3.8) is 0 Å². The number of benzene rings is 1. The lowest BCUT2D eigenvalue weighted by molar-refractivity contribution is -0.00000265. The molecule has 0 amide bonds. The van der Waals surface area contributed by atoms with Gasteiger partial charge in [-0.3, -0.25) is 0 Å². The molecule has 72 valence electrons. The largest absolute Gasteiger partial charge is 1.00 e. The molecule has 13 heavy (non-hydrogen) atoms. The summed E-state index contributed by atoms with van der Waals surface area (Å²) >= 11 is 0. The molecule has 1 rings (SSSR count). The van der Waals surface area contributed by atoms with Gasteiger partial charge in [0.25, 0.3) is 0 Å². The fourth-order valence-electron chi connectivity index (χ4n) is 1.06. The summed E-state index contributed by atoms with van der Waals surface area (Å²) in [6.07, 6.45) is 1.88. The molecule has 0 nitrogen and oxygen atoms in total. The smallest absolute Gasteiger partial charge is 0.0931 e. The molecule has 2 heteroatoms. The standard InChI is InChI=1S/C11H16P.ClH/c1-5-10-6-8-11(9-7-10)12(2,3)4;/h5-9H,1H2,2-4H3;1H/q+1;/p-1. The van der Waals surface area contributed by atoms with Crippen LogP contribution in [0.15, 0.2) is 30.8 Å². The van der Waals surface area contributed by atoms with Crippen LogP contribution < -0.4 is 17.7 Å². The highest BCUT2D eigenvalue weighted by atomic mass is 35.5. The minimum atomic E-state index is -0.833. The van der Waals surface area contributed by atoms with Crippen LogP contribution in [-0.4, -0.2) is 20.0 Å². The van der Waals surface area contributed by atoms with Crippen molar-refractivity contribution in [3.05, 3.63) is 36.4 Å². The van der Waals surface area contributed by atoms with Crippen molar-refractivity contribution in [1.29, 1.82) is 0 Å². The second-order valence-corrected chi connectivity index (χ2v) is 8.35. The van der Waals surface area contributed by atoms with Crippen molar-refractivity contribution < 1.29 is 12.4 Å². The molecule has 0 saturated heterocycles. The van der Waals surface area contributed by atoms with E-state index in [2.05, 4.69) is 50.8 Å². The van der Waals surface area contributed by atoms with Crippen LogP contribution in [0.25, 0.3) is 6.08 Å². The maximum Gasteiger partial charge on any atom is 0.0931 e. The van der Waals surface area contributed by atoms with E-state index in [1.165, 1.54) is 10.9 Å². The van der Waals surface area contributed by atoms with Gasteiger partial charge in [0.1, 0.15) is 0 Å². The second kappa shape index (κ2) is 4.79. The molecule has 0 spiro atoms. The van der Waals surface area contributed by atoms with E-state index in [4.69, 9.17) is 0 Å². The quantitative estimate of drug-likeness (QED) is 0.602. The molecule has 1 aromatic carbocycles. The Morgan fingerprint density at radius 3 is 1.85 bits per heavy atom. The van der Waals surface area contributed by atoms with Crippen molar-refractivity contribution in [1.82, 2.24) is 0 Å². The Kier molecular flexibility index (Phi) is 4.67. The summed E-state index contributed by atoms with van der Waals surface area (Å²) in [5, 5.41) is 1.48. The summed E-state index contributed by atoms with van der Waals surface area (Å²) in [6, 6.07) is 8.69. The molecule has 0 fully saturated rings. The third-order valence-corrected chi connectivity index (χ3v) is 3.75. The zero-order valence-electron chi connectivity index (χ0n) is 8.42. The minimum Gasteiger partial charge on any atom is -1.00 e. The molecule has 0 radical (unpaired) electrons. The van der Waals surface area contributed by atoms with Crippen molar-refractivity contribution in [2.75, 3.05) is 20.0 Å². The highest BCUT2D eigenvalue weighted by molar-refractivity contribution is 7.80. The first-order chi connectivity index (χ1) is 5.54. The summed E-state index contributed by atoms with van der Waals surface area (Å²) in [4.78, 5) is 0. The second-order valence-electron chi connectivity index (χ2n) is 3.81. The van der Waals surface area contributed by atoms with Gasteiger partial charge in [-0.05, 0) is 17.7 Å². The van der Waals surface area contributed by atoms with Crippen LogP contribution in [0.1, 0.15) is 5.56 Å². The van der Waals surface area contributed by atoms with Crippen molar-refractivity contribution in [3.8, 4) is 0 Å². The Balaban J connectivity index is 0.00000144. The zero-order valence-corrected chi connectivity index (χ0v) is 10.1. The van der Waals surface area contributed by atoms with Crippen molar-refractivity contribution in [2.24, 2.45) is 0 Å². The summed E-state index contributed by atoms with van der Waals surface area (Å²) in [6.45, 7) is 10.7. The third-order valence-electron chi connectivity index (χ3n) is 1.90. The van der Waals surface area contributed by atoms with E-state index < -0.39 is 7.26 Å². The molecule has 0 heterocycles. The van der Waals surface area contributed by atoms with Gasteiger partial charge < -0.3 is 12.4 Å². The lowest BCUT2D eigenvalue weighted by Gasteiger charge is -2.11. The van der Waals surface area contributed by atoms with Crippen LogP contribution in [0.2, 0.25) is 0 Å². The van der Waals surface area contributed by atoms with Crippen molar-refractivity contribution in [2.45, 2.75) is 0 Å². The number of halogens is 1. The van der Waals surface area contributed by atoms with E-state index in [0.29, 0.717) is 0 Å². The van der Waals surface area contributed by atoms with Crippen molar-refractivity contribution >= 4 is 18.6 Å². The highest BCUT2D eigenvalue weighted by Gasteiger charge is 2.19. The van der Waals surface area contributed by atoms with Gasteiger partial charge in [-0.25, -0.2) is 0 Å². The topological polar surface area (TPSA) is 0 Å². The Hall–Kier alpha value is -0.320. The first-order valence-corrected chi connectivity index (χ1v) is 7.21. The van der Waals surface area contributed by atoms with E-state index in [9.17, 15) is 0 Å². The lowest BCUT2D eigenvalue weighted by Crippen LogP contribution is -3.00. The molecular weight excluding hydrogens is 199 g/mol. The van der Waals surface area contributed by atoms with Gasteiger partial charge in [-0.15, -0.1) is 0 Å². The van der Waals surface area contributed by atoms with Gasteiger partial charge >= 0.3 is 0 Å². The Morgan fingerprint density at radius 2 is 1.54 bits per heavy atom. The molecule has 0 N–H and O–H groups in total. The fourth-order valence-corrected chi connectivity index (χ4v) is 2.10. The van der Waals surface area contributed by atoms with Crippen LogP contribution in [0.5, 0.6) is 0 Å². The normalized spacial score (nSPS) is 10.4. The maximum absolute atomic E-state index is 3.73. The monoisotopic (exact) mass is 214 g/mol. The lowest BCUT2D eigenvalue weighted by atomic mass is 10.2. The van der Waals surface area contributed by atoms with Crippen LogP contribution >= 0.6 is 7.26 Å². The molecular formula is C11H16ClP. The van der Waals surface area contributed by atoms with E-state index in [1.807, 2.05) is 6.08 Å². The van der Waals surface area contributed by atoms with Gasteiger partial charge in [-0.2, -0.15) is 0 Å². The number of rotatable bonds is 2. The van der Waals surface area contributed by atoms with Crippen LogP contribution in [-0.2, 0) is 0 Å². The molecule has 0 aliphatic rings. The molecule has 0 aromatic heterocycles. The van der Waals surface area contributed by atoms with E-state index in [-0.39, 0.29) is 12.4 Å². The van der Waals surface area contributed by atoms with Crippen LogP contribution in [0.3, 0.4) is 0 Å². The van der Waals surface area contributed by atoms with Crippen LogP contribution in [0.4, 0.5) is 0 Å². The number of hydrogen-bond acceptors (Lipinski definition) is 0. The zero-order chi connectivity index (χ0) is 9.19.